The Labute approximate surface area is 127 Å². The first-order chi connectivity index (χ1) is 9.63. The van der Waals surface area contributed by atoms with Crippen molar-refractivity contribution in [3.05, 3.63) is 69.2 Å². The molecular weight excluding hydrogens is 291 g/mol. The molecule has 0 radical (unpaired) electrons. The Kier molecular flexibility index (Phi) is 4.43. The first kappa shape index (κ1) is 14.2. The molecule has 0 aromatic heterocycles. The zero-order valence-electron chi connectivity index (χ0n) is 10.3. The maximum atomic E-state index is 9.26. The zero-order chi connectivity index (χ0) is 14.5. The molecule has 0 aliphatic heterocycles. The molecule has 2 nitrogen and oxygen atoms in total. The van der Waals surface area contributed by atoms with Gasteiger partial charge in [0, 0.05) is 0 Å². The fourth-order valence-electron chi connectivity index (χ4n) is 1.66. The molecule has 0 aliphatic rings. The quantitative estimate of drug-likeness (QED) is 0.583. The number of hydrogen-bond acceptors (Lipinski definition) is 2. The van der Waals surface area contributed by atoms with E-state index in [-0.39, 0.29) is 0 Å². The number of allylic oxidation sites excluding steroid dienone is 1. The molecule has 0 N–H and O–H groups in total. The summed E-state index contributed by atoms with van der Waals surface area (Å²) in [6.07, 6.45) is 1.74. The minimum atomic E-state index is 0.408. The average molecular weight is 299 g/mol. The van der Waals surface area contributed by atoms with Gasteiger partial charge in [-0.05, 0) is 41.5 Å². The molecule has 4 heteroatoms. The smallest absolute Gasteiger partial charge is 0.0998 e. The van der Waals surface area contributed by atoms with Gasteiger partial charge >= 0.3 is 0 Å². The summed E-state index contributed by atoms with van der Waals surface area (Å²) in [5.74, 6) is 0. The van der Waals surface area contributed by atoms with Crippen molar-refractivity contribution in [3.8, 4) is 12.1 Å². The highest BCUT2D eigenvalue weighted by molar-refractivity contribution is 6.42. The van der Waals surface area contributed by atoms with Crippen LogP contribution in [0.1, 0.15) is 16.7 Å². The van der Waals surface area contributed by atoms with Crippen LogP contribution in [0.5, 0.6) is 0 Å². The van der Waals surface area contributed by atoms with Crippen LogP contribution in [0.25, 0.3) is 11.6 Å². The van der Waals surface area contributed by atoms with Gasteiger partial charge in [-0.3, -0.25) is 0 Å². The molecule has 96 valence electrons. The number of benzene rings is 2. The fraction of sp³-hybridized carbons (Fsp3) is 0. The van der Waals surface area contributed by atoms with Crippen LogP contribution in [-0.2, 0) is 0 Å². The predicted molar refractivity (Wildman–Crippen MR) is 81.1 cm³/mol. The minimum absolute atomic E-state index is 0.408. The molecule has 0 atom stereocenters. The molecular formula is C16H8Cl2N2. The van der Waals surface area contributed by atoms with E-state index in [0.29, 0.717) is 26.7 Å². The van der Waals surface area contributed by atoms with Gasteiger partial charge in [-0.2, -0.15) is 10.5 Å². The molecule has 0 aliphatic carbocycles. The lowest BCUT2D eigenvalue weighted by molar-refractivity contribution is 1.48. The van der Waals surface area contributed by atoms with Crippen LogP contribution in [0.4, 0.5) is 0 Å². The Morgan fingerprint density at radius 1 is 0.950 bits per heavy atom. The number of halogens is 2. The van der Waals surface area contributed by atoms with E-state index >= 15 is 0 Å². The topological polar surface area (TPSA) is 47.6 Å². The monoisotopic (exact) mass is 298 g/mol. The van der Waals surface area contributed by atoms with Crippen molar-refractivity contribution in [2.24, 2.45) is 0 Å². The summed E-state index contributed by atoms with van der Waals surface area (Å²) in [7, 11) is 0. The fourth-order valence-corrected chi connectivity index (χ4v) is 1.96. The van der Waals surface area contributed by atoms with Crippen molar-refractivity contribution in [2.75, 3.05) is 0 Å². The summed E-state index contributed by atoms with van der Waals surface area (Å²) >= 11 is 11.8. The zero-order valence-corrected chi connectivity index (χ0v) is 11.8. The molecule has 2 aromatic rings. The summed E-state index contributed by atoms with van der Waals surface area (Å²) in [5, 5.41) is 18.9. The lowest BCUT2D eigenvalue weighted by Gasteiger charge is -2.02. The van der Waals surface area contributed by atoms with Gasteiger partial charge in [-0.1, -0.05) is 41.4 Å². The minimum Gasteiger partial charge on any atom is -0.192 e. The molecule has 0 saturated heterocycles. The standard InChI is InChI=1S/C16H8Cl2N2/c17-15-6-5-13(8-16(15)18)14(10-20)7-11-1-3-12(9-19)4-2-11/h1-8H/b14-7-. The number of nitriles is 2. The third-order valence-corrected chi connectivity index (χ3v) is 3.44. The third-order valence-electron chi connectivity index (χ3n) is 2.70. The van der Waals surface area contributed by atoms with Gasteiger partial charge in [0.2, 0.25) is 0 Å². The lowest BCUT2D eigenvalue weighted by Crippen LogP contribution is -1.83. The normalized spacial score (nSPS) is 10.7. The molecule has 0 saturated carbocycles. The first-order valence-corrected chi connectivity index (χ1v) is 6.47. The molecule has 0 unspecified atom stereocenters. The number of nitrogens with zero attached hydrogens (tertiary/aromatic N) is 2. The lowest BCUT2D eigenvalue weighted by atomic mass is 10.0. The molecule has 0 bridgehead atoms. The van der Waals surface area contributed by atoms with Gasteiger partial charge < -0.3 is 0 Å². The van der Waals surface area contributed by atoms with Crippen LogP contribution in [0.15, 0.2) is 42.5 Å². The van der Waals surface area contributed by atoms with Crippen LogP contribution in [0, 0.1) is 22.7 Å². The largest absolute Gasteiger partial charge is 0.192 e. The Morgan fingerprint density at radius 3 is 2.20 bits per heavy atom. The molecule has 0 amide bonds. The van der Waals surface area contributed by atoms with E-state index in [9.17, 15) is 5.26 Å². The van der Waals surface area contributed by atoms with E-state index < -0.39 is 0 Å². The van der Waals surface area contributed by atoms with Gasteiger partial charge in [0.05, 0.1) is 33.3 Å². The second-order valence-corrected chi connectivity index (χ2v) is 4.85. The van der Waals surface area contributed by atoms with E-state index in [1.807, 2.05) is 6.07 Å². The Balaban J connectivity index is 2.41. The van der Waals surface area contributed by atoms with Gasteiger partial charge in [-0.15, -0.1) is 0 Å². The number of hydrogen-bond donors (Lipinski definition) is 0. The van der Waals surface area contributed by atoms with Crippen molar-refractivity contribution in [2.45, 2.75) is 0 Å². The van der Waals surface area contributed by atoms with Crippen LogP contribution < -0.4 is 0 Å². The maximum absolute atomic E-state index is 9.26. The summed E-state index contributed by atoms with van der Waals surface area (Å²) in [5.41, 5.74) is 2.60. The second-order valence-electron chi connectivity index (χ2n) is 4.03. The number of rotatable bonds is 2. The molecule has 0 fully saturated rings. The van der Waals surface area contributed by atoms with Crippen molar-refractivity contribution in [1.29, 1.82) is 10.5 Å². The molecule has 0 heterocycles. The second kappa shape index (κ2) is 6.26. The molecule has 2 aromatic carbocycles. The maximum Gasteiger partial charge on any atom is 0.0998 e. The highest BCUT2D eigenvalue weighted by Gasteiger charge is 2.04. The van der Waals surface area contributed by atoms with Crippen molar-refractivity contribution < 1.29 is 0 Å². The highest BCUT2D eigenvalue weighted by Crippen LogP contribution is 2.27. The summed E-state index contributed by atoms with van der Waals surface area (Å²) in [4.78, 5) is 0. The van der Waals surface area contributed by atoms with Gasteiger partial charge in [0.1, 0.15) is 0 Å². The molecule has 20 heavy (non-hydrogen) atoms. The van der Waals surface area contributed by atoms with Crippen LogP contribution in [0.2, 0.25) is 10.0 Å². The SMILES string of the molecule is N#C/C(=C/c1ccc(C#N)cc1)c1ccc(Cl)c(Cl)c1. The van der Waals surface area contributed by atoms with E-state index in [1.165, 1.54) is 0 Å². The van der Waals surface area contributed by atoms with Gasteiger partial charge in [-0.25, -0.2) is 0 Å². The van der Waals surface area contributed by atoms with Crippen molar-refractivity contribution in [3.63, 3.8) is 0 Å². The summed E-state index contributed by atoms with van der Waals surface area (Å²) in [6, 6.07) is 16.2. The first-order valence-electron chi connectivity index (χ1n) is 5.71. The van der Waals surface area contributed by atoms with Crippen LogP contribution >= 0.6 is 23.2 Å². The van der Waals surface area contributed by atoms with E-state index in [4.69, 9.17) is 28.5 Å². The van der Waals surface area contributed by atoms with Gasteiger partial charge in [0.15, 0.2) is 0 Å². The Morgan fingerprint density at radius 2 is 1.65 bits per heavy atom. The highest BCUT2D eigenvalue weighted by atomic mass is 35.5. The predicted octanol–water partition coefficient (Wildman–Crippen LogP) is 4.93. The van der Waals surface area contributed by atoms with Crippen LogP contribution in [-0.4, -0.2) is 0 Å². The molecule has 0 spiro atoms. The van der Waals surface area contributed by atoms with E-state index in [0.717, 1.165) is 5.56 Å². The average Bonchev–Trinajstić information content (AvgIpc) is 2.48. The van der Waals surface area contributed by atoms with E-state index in [2.05, 4.69) is 6.07 Å². The Bertz CT molecular complexity index is 748. The molecule has 2 rings (SSSR count). The van der Waals surface area contributed by atoms with Crippen LogP contribution in [0.3, 0.4) is 0 Å². The van der Waals surface area contributed by atoms with Crippen molar-refractivity contribution in [1.82, 2.24) is 0 Å². The Hall–Kier alpha value is -2.26. The van der Waals surface area contributed by atoms with Gasteiger partial charge in [0.25, 0.3) is 0 Å². The summed E-state index contributed by atoms with van der Waals surface area (Å²) < 4.78 is 0. The summed E-state index contributed by atoms with van der Waals surface area (Å²) in [6.45, 7) is 0. The van der Waals surface area contributed by atoms with E-state index in [1.54, 1.807) is 48.5 Å². The van der Waals surface area contributed by atoms with Crippen molar-refractivity contribution >= 4 is 34.9 Å². The third kappa shape index (κ3) is 3.19.